The van der Waals surface area contributed by atoms with Gasteiger partial charge in [0.2, 0.25) is 5.91 Å². The average molecular weight is 527 g/mol. The van der Waals surface area contributed by atoms with Gasteiger partial charge in [-0.15, -0.1) is 0 Å². The van der Waals surface area contributed by atoms with Crippen LogP contribution in [0.4, 0.5) is 5.69 Å². The second-order valence-corrected chi connectivity index (χ2v) is 11.0. The molecular weight excluding hydrogens is 484 g/mol. The van der Waals surface area contributed by atoms with E-state index >= 15 is 0 Å². The summed E-state index contributed by atoms with van der Waals surface area (Å²) in [6.45, 7) is 8.71. The summed E-state index contributed by atoms with van der Waals surface area (Å²) in [5.41, 5.74) is 4.07. The van der Waals surface area contributed by atoms with Crippen molar-refractivity contribution in [2.24, 2.45) is 5.92 Å². The van der Waals surface area contributed by atoms with Gasteiger partial charge in [-0.05, 0) is 100.0 Å². The molecule has 1 heterocycles. The van der Waals surface area contributed by atoms with Crippen LogP contribution in [-0.4, -0.2) is 36.2 Å². The predicted octanol–water partition coefficient (Wildman–Crippen LogP) is 7.65. The lowest BCUT2D eigenvalue weighted by Gasteiger charge is -2.32. The van der Waals surface area contributed by atoms with E-state index < -0.39 is 0 Å². The van der Waals surface area contributed by atoms with Gasteiger partial charge in [-0.2, -0.15) is 0 Å². The largest absolute Gasteiger partial charge is 0.486 e. The molecule has 3 aromatic carbocycles. The molecule has 3 aromatic rings. The van der Waals surface area contributed by atoms with Gasteiger partial charge in [-0.25, -0.2) is 0 Å². The average Bonchev–Trinajstić information content (AvgIpc) is 2.95. The summed E-state index contributed by atoms with van der Waals surface area (Å²) in [5.74, 6) is 1.37. The molecule has 1 saturated heterocycles. The lowest BCUT2D eigenvalue weighted by molar-refractivity contribution is -0.118. The van der Waals surface area contributed by atoms with E-state index in [2.05, 4.69) is 52.7 Å². The first-order chi connectivity index (χ1) is 18.9. The van der Waals surface area contributed by atoms with Crippen molar-refractivity contribution in [1.82, 2.24) is 4.90 Å². The summed E-state index contributed by atoms with van der Waals surface area (Å²) in [4.78, 5) is 26.5. The Hall–Kier alpha value is -3.44. The van der Waals surface area contributed by atoms with Crippen molar-refractivity contribution < 1.29 is 14.3 Å². The monoisotopic (exact) mass is 526 g/mol. The maximum atomic E-state index is 12.1. The van der Waals surface area contributed by atoms with Crippen molar-refractivity contribution in [3.63, 3.8) is 0 Å². The fourth-order valence-corrected chi connectivity index (χ4v) is 5.23. The number of nitrogens with one attached hydrogen (secondary N) is 1. The minimum Gasteiger partial charge on any atom is -0.486 e. The topological polar surface area (TPSA) is 58.6 Å². The van der Waals surface area contributed by atoms with E-state index in [1.54, 1.807) is 6.92 Å². The number of anilines is 1. The van der Waals surface area contributed by atoms with Crippen molar-refractivity contribution in [3.05, 3.63) is 95.6 Å². The fraction of sp³-hybridized carbons (Fsp3) is 0.412. The zero-order valence-electron chi connectivity index (χ0n) is 23.6. The number of nitrogens with zero attached hydrogens (tertiary/aromatic N) is 1. The van der Waals surface area contributed by atoms with Crippen LogP contribution in [0.1, 0.15) is 86.4 Å². The molecule has 5 nitrogen and oxygen atoms in total. The highest BCUT2D eigenvalue weighted by atomic mass is 16.5. The number of ketones is 1. The first-order valence-corrected chi connectivity index (χ1v) is 14.3. The third-order valence-corrected chi connectivity index (χ3v) is 7.62. The van der Waals surface area contributed by atoms with Gasteiger partial charge in [0.1, 0.15) is 11.9 Å². The molecule has 1 unspecified atom stereocenters. The second-order valence-electron chi connectivity index (χ2n) is 11.0. The number of carbonyl (C=O) groups excluding carboxylic acids is 2. The molecular formula is C34H42N2O3. The molecule has 1 aliphatic heterocycles. The van der Waals surface area contributed by atoms with Gasteiger partial charge >= 0.3 is 0 Å². The quantitative estimate of drug-likeness (QED) is 0.194. The zero-order valence-corrected chi connectivity index (χ0v) is 23.6. The minimum atomic E-state index is -0.0393. The molecule has 1 N–H and O–H groups in total. The first-order valence-electron chi connectivity index (χ1n) is 14.3. The van der Waals surface area contributed by atoms with E-state index in [1.807, 2.05) is 50.2 Å². The molecule has 0 aliphatic carbocycles. The lowest BCUT2D eigenvalue weighted by Crippen LogP contribution is -2.33. The highest BCUT2D eigenvalue weighted by Crippen LogP contribution is 2.31. The zero-order chi connectivity index (χ0) is 27.6. The van der Waals surface area contributed by atoms with Crippen LogP contribution in [0.2, 0.25) is 0 Å². The second kappa shape index (κ2) is 14.1. The molecule has 1 aliphatic rings. The molecule has 1 atom stereocenters. The number of unbranched alkanes of at least 4 members (excludes halogenated alkanes) is 1. The Morgan fingerprint density at radius 2 is 1.67 bits per heavy atom. The van der Waals surface area contributed by atoms with Gasteiger partial charge in [0.25, 0.3) is 0 Å². The normalized spacial score (nSPS) is 15.2. The lowest BCUT2D eigenvalue weighted by atomic mass is 9.89. The van der Waals surface area contributed by atoms with Crippen molar-refractivity contribution in [2.45, 2.75) is 64.9 Å². The van der Waals surface area contributed by atoms with E-state index in [0.29, 0.717) is 11.5 Å². The Bertz CT molecular complexity index is 1220. The van der Waals surface area contributed by atoms with Crippen molar-refractivity contribution in [1.29, 1.82) is 0 Å². The minimum absolute atomic E-state index is 0.0237. The van der Waals surface area contributed by atoms with Crippen molar-refractivity contribution in [3.8, 4) is 5.75 Å². The Morgan fingerprint density at radius 3 is 2.38 bits per heavy atom. The van der Waals surface area contributed by atoms with Crippen molar-refractivity contribution in [2.75, 3.05) is 25.0 Å². The summed E-state index contributed by atoms with van der Waals surface area (Å²) in [6.07, 6.45) is 5.38. The van der Waals surface area contributed by atoms with Crippen LogP contribution >= 0.6 is 0 Å². The Balaban J connectivity index is 1.25. The number of Topliss-reactive ketones (excluding diaryl/α,β-unsaturated/α-hetero) is 1. The third-order valence-electron chi connectivity index (χ3n) is 7.62. The SMILES string of the molecule is CC(=O)c1cccc(OC(CCCCN2CCC(c3cccc(NC(=O)C(C)C)c3)CC2)c2ccccc2)c1. The molecule has 0 saturated carbocycles. The number of piperidine rings is 1. The molecule has 1 amide bonds. The summed E-state index contributed by atoms with van der Waals surface area (Å²) in [6, 6.07) is 26.2. The molecule has 0 bridgehead atoms. The number of hydrogen-bond donors (Lipinski definition) is 1. The van der Waals surface area contributed by atoms with Crippen LogP contribution in [0.25, 0.3) is 0 Å². The number of hydrogen-bond acceptors (Lipinski definition) is 4. The summed E-state index contributed by atoms with van der Waals surface area (Å²) in [5, 5.41) is 3.03. The van der Waals surface area contributed by atoms with Gasteiger partial charge in [0, 0.05) is 17.2 Å². The van der Waals surface area contributed by atoms with E-state index in [-0.39, 0.29) is 23.7 Å². The summed E-state index contributed by atoms with van der Waals surface area (Å²) >= 11 is 0. The smallest absolute Gasteiger partial charge is 0.226 e. The third kappa shape index (κ3) is 8.52. The van der Waals surface area contributed by atoms with E-state index in [4.69, 9.17) is 4.74 Å². The van der Waals surface area contributed by atoms with Gasteiger partial charge in [0.15, 0.2) is 5.78 Å². The van der Waals surface area contributed by atoms with Crippen LogP contribution in [0.15, 0.2) is 78.9 Å². The maximum Gasteiger partial charge on any atom is 0.226 e. The molecule has 0 aromatic heterocycles. The van der Waals surface area contributed by atoms with E-state index in [9.17, 15) is 9.59 Å². The molecule has 4 rings (SSSR count). The van der Waals surface area contributed by atoms with Gasteiger partial charge in [0.05, 0.1) is 0 Å². The number of benzene rings is 3. The Kier molecular flexibility index (Phi) is 10.3. The van der Waals surface area contributed by atoms with Crippen LogP contribution < -0.4 is 10.1 Å². The molecule has 0 spiro atoms. The molecule has 0 radical (unpaired) electrons. The van der Waals surface area contributed by atoms with Crippen LogP contribution in [-0.2, 0) is 4.79 Å². The maximum absolute atomic E-state index is 12.1. The molecule has 1 fully saturated rings. The standard InChI is InChI=1S/C34H42N2O3/c1-25(2)34(38)35-31-15-9-14-30(23-31)27-18-21-36(22-19-27)20-8-7-17-33(28-11-5-4-6-12-28)39-32-16-10-13-29(24-32)26(3)37/h4-6,9-16,23-25,27,33H,7-8,17-22H2,1-3H3,(H,35,38). The first kappa shape index (κ1) is 28.6. The van der Waals surface area contributed by atoms with Crippen molar-refractivity contribution >= 4 is 17.4 Å². The van der Waals surface area contributed by atoms with Gasteiger partial charge < -0.3 is 15.0 Å². The van der Waals surface area contributed by atoms with Gasteiger partial charge in [-0.1, -0.05) is 68.4 Å². The predicted molar refractivity (Wildman–Crippen MR) is 158 cm³/mol. The highest BCUT2D eigenvalue weighted by molar-refractivity contribution is 5.94. The number of ether oxygens (including phenoxy) is 1. The highest BCUT2D eigenvalue weighted by Gasteiger charge is 2.21. The number of amides is 1. The Morgan fingerprint density at radius 1 is 0.923 bits per heavy atom. The van der Waals surface area contributed by atoms with E-state index in [0.717, 1.165) is 63.2 Å². The Labute approximate surface area is 233 Å². The van der Waals surface area contributed by atoms with Gasteiger partial charge in [-0.3, -0.25) is 9.59 Å². The van der Waals surface area contributed by atoms with Crippen LogP contribution in [0, 0.1) is 5.92 Å². The summed E-state index contributed by atoms with van der Waals surface area (Å²) in [7, 11) is 0. The molecule has 206 valence electrons. The molecule has 5 heteroatoms. The molecule has 39 heavy (non-hydrogen) atoms. The van der Waals surface area contributed by atoms with E-state index in [1.165, 1.54) is 11.1 Å². The number of likely N-dealkylation sites (tertiary alicyclic amines) is 1. The summed E-state index contributed by atoms with van der Waals surface area (Å²) < 4.78 is 6.40. The van der Waals surface area contributed by atoms with Crippen LogP contribution in [0.3, 0.4) is 0 Å². The van der Waals surface area contributed by atoms with Crippen LogP contribution in [0.5, 0.6) is 5.75 Å². The number of rotatable bonds is 12. The fourth-order valence-electron chi connectivity index (χ4n) is 5.23. The number of carbonyl (C=O) groups is 2.